The van der Waals surface area contributed by atoms with Crippen molar-refractivity contribution >= 4 is 21.7 Å². The van der Waals surface area contributed by atoms with Gasteiger partial charge in [0.15, 0.2) is 5.82 Å². The van der Waals surface area contributed by atoms with Crippen LogP contribution in [0.2, 0.25) is 0 Å². The molecule has 1 amide bonds. The first kappa shape index (κ1) is 23.3. The van der Waals surface area contributed by atoms with Gasteiger partial charge in [-0.2, -0.15) is 5.10 Å². The Bertz CT molecular complexity index is 1430. The molecule has 0 aliphatic carbocycles. The summed E-state index contributed by atoms with van der Waals surface area (Å²) in [6.45, 7) is 6.20. The van der Waals surface area contributed by atoms with E-state index in [1.54, 1.807) is 24.3 Å². The van der Waals surface area contributed by atoms with Crippen LogP contribution in [-0.4, -0.2) is 24.1 Å². The molecule has 0 aliphatic heterocycles. The quantitative estimate of drug-likeness (QED) is 0.412. The molecule has 2 N–H and O–H groups in total. The summed E-state index contributed by atoms with van der Waals surface area (Å²) in [5, 5.41) is 7.20. The van der Waals surface area contributed by atoms with Crippen molar-refractivity contribution in [2.75, 3.05) is 4.72 Å². The first-order valence-corrected chi connectivity index (χ1v) is 12.3. The summed E-state index contributed by atoms with van der Waals surface area (Å²) in [6, 6.07) is 21.6. The van der Waals surface area contributed by atoms with Gasteiger partial charge in [0.25, 0.3) is 15.9 Å². The molecule has 0 saturated carbocycles. The van der Waals surface area contributed by atoms with Gasteiger partial charge in [-0.25, -0.2) is 13.1 Å². The number of carbonyl (C=O) groups is 1. The van der Waals surface area contributed by atoms with Gasteiger partial charge in [-0.3, -0.25) is 9.52 Å². The van der Waals surface area contributed by atoms with Crippen molar-refractivity contribution in [1.29, 1.82) is 0 Å². The lowest BCUT2D eigenvalue weighted by Gasteiger charge is -2.13. The Labute approximate surface area is 199 Å². The first-order valence-electron chi connectivity index (χ1n) is 10.8. The molecule has 4 aromatic rings. The average molecular weight is 475 g/mol. The van der Waals surface area contributed by atoms with Crippen LogP contribution in [0.25, 0.3) is 5.69 Å². The van der Waals surface area contributed by atoms with E-state index in [4.69, 9.17) is 0 Å². The van der Waals surface area contributed by atoms with Crippen LogP contribution >= 0.6 is 0 Å². The van der Waals surface area contributed by atoms with Gasteiger partial charge in [0.1, 0.15) is 5.56 Å². The van der Waals surface area contributed by atoms with E-state index in [1.807, 2.05) is 51.1 Å². The van der Waals surface area contributed by atoms with E-state index in [2.05, 4.69) is 21.2 Å². The molecular weight excluding hydrogens is 448 g/mol. The van der Waals surface area contributed by atoms with Crippen molar-refractivity contribution in [2.45, 2.75) is 32.2 Å². The van der Waals surface area contributed by atoms with Crippen LogP contribution in [0.4, 0.5) is 5.82 Å². The highest BCUT2D eigenvalue weighted by Gasteiger charge is 2.24. The second-order valence-corrected chi connectivity index (χ2v) is 9.87. The predicted octanol–water partition coefficient (Wildman–Crippen LogP) is 4.53. The van der Waals surface area contributed by atoms with Gasteiger partial charge in [-0.15, -0.1) is 0 Å². The molecule has 174 valence electrons. The maximum Gasteiger partial charge on any atom is 0.263 e. The van der Waals surface area contributed by atoms with Gasteiger partial charge in [-0.05, 0) is 56.2 Å². The minimum Gasteiger partial charge on any atom is -0.348 e. The number of hydrogen-bond acceptors (Lipinski definition) is 4. The number of nitrogens with one attached hydrogen (secondary N) is 2. The molecule has 0 aliphatic rings. The third-order valence-corrected chi connectivity index (χ3v) is 6.87. The number of para-hydroxylation sites is 1. The van der Waals surface area contributed by atoms with E-state index in [0.29, 0.717) is 12.2 Å². The van der Waals surface area contributed by atoms with E-state index in [0.717, 1.165) is 22.3 Å². The van der Waals surface area contributed by atoms with E-state index < -0.39 is 15.9 Å². The maximum atomic E-state index is 13.1. The summed E-state index contributed by atoms with van der Waals surface area (Å²) in [6.07, 6.45) is 1.37. The third-order valence-electron chi connectivity index (χ3n) is 5.51. The normalized spacial score (nSPS) is 11.3. The van der Waals surface area contributed by atoms with Crippen molar-refractivity contribution in [3.8, 4) is 5.69 Å². The van der Waals surface area contributed by atoms with Gasteiger partial charge < -0.3 is 5.32 Å². The van der Waals surface area contributed by atoms with Crippen molar-refractivity contribution in [3.63, 3.8) is 0 Å². The molecule has 3 aromatic carbocycles. The smallest absolute Gasteiger partial charge is 0.263 e. The summed E-state index contributed by atoms with van der Waals surface area (Å²) in [5.74, 6) is -0.353. The zero-order valence-corrected chi connectivity index (χ0v) is 20.1. The Kier molecular flexibility index (Phi) is 6.51. The van der Waals surface area contributed by atoms with Crippen LogP contribution < -0.4 is 10.0 Å². The molecular formula is C26H26N4O3S. The molecule has 1 aromatic heterocycles. The van der Waals surface area contributed by atoms with E-state index in [1.165, 1.54) is 23.0 Å². The van der Waals surface area contributed by atoms with Gasteiger partial charge in [0.05, 0.1) is 16.8 Å². The summed E-state index contributed by atoms with van der Waals surface area (Å²) in [5.41, 5.74) is 4.89. The fourth-order valence-electron chi connectivity index (χ4n) is 3.60. The van der Waals surface area contributed by atoms with E-state index >= 15 is 0 Å². The minimum absolute atomic E-state index is 0.0740. The topological polar surface area (TPSA) is 93.1 Å². The fourth-order valence-corrected chi connectivity index (χ4v) is 4.66. The van der Waals surface area contributed by atoms with Crippen molar-refractivity contribution in [2.24, 2.45) is 0 Å². The Morgan fingerprint density at radius 1 is 0.912 bits per heavy atom. The molecule has 0 unspecified atom stereocenters. The molecule has 0 bridgehead atoms. The molecule has 7 nitrogen and oxygen atoms in total. The van der Waals surface area contributed by atoms with Gasteiger partial charge >= 0.3 is 0 Å². The molecule has 0 fully saturated rings. The van der Waals surface area contributed by atoms with Crippen molar-refractivity contribution in [1.82, 2.24) is 15.1 Å². The van der Waals surface area contributed by atoms with Crippen molar-refractivity contribution in [3.05, 3.63) is 107 Å². The lowest BCUT2D eigenvalue weighted by molar-refractivity contribution is 0.0952. The lowest BCUT2D eigenvalue weighted by atomic mass is 10.1. The van der Waals surface area contributed by atoms with Gasteiger partial charge in [0, 0.05) is 6.54 Å². The number of anilines is 1. The van der Waals surface area contributed by atoms with Crippen LogP contribution in [0.1, 0.15) is 32.6 Å². The highest BCUT2D eigenvalue weighted by molar-refractivity contribution is 7.92. The van der Waals surface area contributed by atoms with Gasteiger partial charge in [0.2, 0.25) is 0 Å². The highest BCUT2D eigenvalue weighted by Crippen LogP contribution is 2.24. The number of benzene rings is 3. The number of sulfonamides is 1. The Morgan fingerprint density at radius 2 is 1.59 bits per heavy atom. The predicted molar refractivity (Wildman–Crippen MR) is 133 cm³/mol. The Balaban J connectivity index is 1.68. The summed E-state index contributed by atoms with van der Waals surface area (Å²) in [4.78, 5) is 13.2. The second-order valence-electron chi connectivity index (χ2n) is 8.19. The zero-order chi connectivity index (χ0) is 24.3. The number of hydrogen-bond donors (Lipinski definition) is 2. The standard InChI is InChI=1S/C26H26N4O3S/c1-18-10-13-23(14-11-18)34(32,33)29-25-24(17-28-30(25)22-7-5-4-6-8-22)26(31)27-16-21-12-9-19(2)15-20(21)3/h4-15,17,29H,16H2,1-3H3,(H,27,31). The average Bonchev–Trinajstić information content (AvgIpc) is 3.22. The lowest BCUT2D eigenvalue weighted by Crippen LogP contribution is -2.25. The Hall–Kier alpha value is -3.91. The molecule has 1 heterocycles. The van der Waals surface area contributed by atoms with Crippen molar-refractivity contribution < 1.29 is 13.2 Å². The molecule has 8 heteroatoms. The second kappa shape index (κ2) is 9.52. The van der Waals surface area contributed by atoms with Crippen LogP contribution in [-0.2, 0) is 16.6 Å². The highest BCUT2D eigenvalue weighted by atomic mass is 32.2. The van der Waals surface area contributed by atoms with Crippen LogP contribution in [0.3, 0.4) is 0 Å². The number of aryl methyl sites for hydroxylation is 3. The molecule has 4 rings (SSSR count). The van der Waals surface area contributed by atoms with Gasteiger partial charge in [-0.1, -0.05) is 59.7 Å². The Morgan fingerprint density at radius 3 is 2.26 bits per heavy atom. The van der Waals surface area contributed by atoms with E-state index in [9.17, 15) is 13.2 Å². The number of nitrogens with zero attached hydrogens (tertiary/aromatic N) is 2. The van der Waals surface area contributed by atoms with Crippen LogP contribution in [0, 0.1) is 20.8 Å². The number of rotatable bonds is 7. The molecule has 34 heavy (non-hydrogen) atoms. The third kappa shape index (κ3) is 5.02. The molecule has 0 atom stereocenters. The van der Waals surface area contributed by atoms with E-state index in [-0.39, 0.29) is 16.3 Å². The number of amides is 1. The summed E-state index contributed by atoms with van der Waals surface area (Å²) in [7, 11) is -3.96. The molecule has 0 saturated heterocycles. The monoisotopic (exact) mass is 474 g/mol. The fraction of sp³-hybridized carbons (Fsp3) is 0.154. The number of carbonyl (C=O) groups excluding carboxylic acids is 1. The summed E-state index contributed by atoms with van der Waals surface area (Å²) < 4.78 is 30.3. The first-order chi connectivity index (χ1) is 16.2. The molecule has 0 radical (unpaired) electrons. The SMILES string of the molecule is Cc1ccc(S(=O)(=O)Nc2c(C(=O)NCc3ccc(C)cc3C)cnn2-c2ccccc2)cc1. The number of aromatic nitrogens is 2. The van der Waals surface area contributed by atoms with Crippen LogP contribution in [0.15, 0.2) is 83.9 Å². The maximum absolute atomic E-state index is 13.1. The minimum atomic E-state index is -3.96. The largest absolute Gasteiger partial charge is 0.348 e. The molecule has 0 spiro atoms. The van der Waals surface area contributed by atoms with Crippen LogP contribution in [0.5, 0.6) is 0 Å². The summed E-state index contributed by atoms with van der Waals surface area (Å²) >= 11 is 0. The zero-order valence-electron chi connectivity index (χ0n) is 19.2.